The second kappa shape index (κ2) is 13.7. The van der Waals surface area contributed by atoms with Gasteiger partial charge in [0.05, 0.1) is 11.6 Å². The van der Waals surface area contributed by atoms with Crippen LogP contribution in [0.15, 0.2) is 30.4 Å². The van der Waals surface area contributed by atoms with Crippen molar-refractivity contribution in [1.29, 1.82) is 0 Å². The molecule has 1 aliphatic carbocycles. The third-order valence-corrected chi connectivity index (χ3v) is 6.22. The highest BCUT2D eigenvalue weighted by Gasteiger charge is 2.25. The molecule has 0 aromatic heterocycles. The van der Waals surface area contributed by atoms with E-state index in [1.165, 1.54) is 18.4 Å². The van der Waals surface area contributed by atoms with Crippen molar-refractivity contribution in [3.05, 3.63) is 41.5 Å². The molecule has 7 heteroatoms. The van der Waals surface area contributed by atoms with Gasteiger partial charge in [-0.3, -0.25) is 9.59 Å². The molecule has 1 aromatic carbocycles. The zero-order valence-corrected chi connectivity index (χ0v) is 19.8. The number of carbonyl (C=O) groups excluding carboxylic acids is 4. The Morgan fingerprint density at radius 3 is 2.42 bits per heavy atom. The number of hydrogen-bond acceptors (Lipinski definition) is 6. The molecule has 2 unspecified atom stereocenters. The van der Waals surface area contributed by atoms with Crippen molar-refractivity contribution in [3.63, 3.8) is 0 Å². The smallest absolute Gasteiger partial charge is 0.257 e. The third kappa shape index (κ3) is 7.93. The highest BCUT2D eigenvalue weighted by molar-refractivity contribution is 6.06. The molecule has 0 heterocycles. The first kappa shape index (κ1) is 26.5. The van der Waals surface area contributed by atoms with Crippen molar-refractivity contribution in [1.82, 2.24) is 10.2 Å². The van der Waals surface area contributed by atoms with Gasteiger partial charge in [0.25, 0.3) is 5.91 Å². The molecule has 2 rings (SSSR count). The number of carbonyl (C=O) groups is 4. The largest absolute Gasteiger partial charge is 0.384 e. The first-order valence-electron chi connectivity index (χ1n) is 11.9. The summed E-state index contributed by atoms with van der Waals surface area (Å²) in [7, 11) is 1.52. The number of unbranched alkanes of at least 4 members (excludes halogenated alkanes) is 4. The number of benzene rings is 1. The molecule has 0 spiro atoms. The Hall–Kier alpha value is -2.80. The van der Waals surface area contributed by atoms with Gasteiger partial charge in [-0.2, -0.15) is 0 Å². The topological polar surface area (TPSA) is 95.6 Å². The van der Waals surface area contributed by atoms with E-state index in [9.17, 15) is 19.2 Å². The maximum absolute atomic E-state index is 13.1. The van der Waals surface area contributed by atoms with Gasteiger partial charge >= 0.3 is 0 Å². The molecule has 0 fully saturated rings. The maximum atomic E-state index is 13.1. The van der Waals surface area contributed by atoms with Gasteiger partial charge in [0.15, 0.2) is 6.29 Å². The highest BCUT2D eigenvalue weighted by Crippen LogP contribution is 2.23. The molecule has 1 aliphatic rings. The van der Waals surface area contributed by atoms with E-state index in [4.69, 9.17) is 0 Å². The zero-order valence-electron chi connectivity index (χ0n) is 19.8. The van der Waals surface area contributed by atoms with E-state index in [1.54, 1.807) is 18.2 Å². The number of rotatable bonds is 17. The fourth-order valence-electron chi connectivity index (χ4n) is 3.95. The van der Waals surface area contributed by atoms with Crippen LogP contribution in [0.25, 0.3) is 0 Å². The van der Waals surface area contributed by atoms with Crippen LogP contribution in [0, 0.1) is 0 Å². The van der Waals surface area contributed by atoms with Crippen LogP contribution in [0.5, 0.6) is 0 Å². The maximum Gasteiger partial charge on any atom is 0.257 e. The van der Waals surface area contributed by atoms with Crippen molar-refractivity contribution in [2.24, 2.45) is 0 Å². The molecule has 1 aromatic rings. The van der Waals surface area contributed by atoms with Crippen LogP contribution in [0.2, 0.25) is 0 Å². The average molecular weight is 456 g/mol. The number of hydrogen-bond donors (Lipinski definition) is 2. The standard InChI is InChI=1S/C26H37N3O4/c1-26(14-10-15-26)28-17-7-5-3-4-6-16-27-23-13-8-11-21(19-31)24(23)25(33)29(2)22(20-32)12-9-18-30/h8,10-11,13-14,18-20,22,27-28H,3-7,9,12,15-17H2,1-2H3. The van der Waals surface area contributed by atoms with Crippen LogP contribution in [-0.2, 0) is 9.59 Å². The quantitative estimate of drug-likeness (QED) is 0.211. The minimum Gasteiger partial charge on any atom is -0.384 e. The lowest BCUT2D eigenvalue weighted by atomic mass is 9.87. The Morgan fingerprint density at radius 1 is 1.12 bits per heavy atom. The van der Waals surface area contributed by atoms with E-state index >= 15 is 0 Å². The molecule has 33 heavy (non-hydrogen) atoms. The van der Waals surface area contributed by atoms with Crippen LogP contribution in [0.4, 0.5) is 5.69 Å². The molecular weight excluding hydrogens is 418 g/mol. The lowest BCUT2D eigenvalue weighted by molar-refractivity contribution is -0.112. The minimum atomic E-state index is -0.715. The molecule has 1 amide bonds. The summed E-state index contributed by atoms with van der Waals surface area (Å²) in [6.45, 7) is 3.94. The van der Waals surface area contributed by atoms with Crippen molar-refractivity contribution in [2.75, 3.05) is 25.5 Å². The molecule has 0 bridgehead atoms. The Morgan fingerprint density at radius 2 is 1.82 bits per heavy atom. The number of anilines is 1. The number of nitrogens with one attached hydrogen (secondary N) is 2. The van der Waals surface area contributed by atoms with E-state index in [2.05, 4.69) is 29.7 Å². The van der Waals surface area contributed by atoms with E-state index in [1.807, 2.05) is 0 Å². The first-order chi connectivity index (χ1) is 16.0. The van der Waals surface area contributed by atoms with Gasteiger partial charge in [-0.05, 0) is 45.2 Å². The Bertz CT molecular complexity index is 839. The van der Waals surface area contributed by atoms with Crippen LogP contribution in [0.1, 0.15) is 79.0 Å². The van der Waals surface area contributed by atoms with E-state index in [0.29, 0.717) is 24.8 Å². The number of nitrogens with zero attached hydrogens (tertiary/aromatic N) is 1. The Kier molecular flexibility index (Phi) is 11.0. The van der Waals surface area contributed by atoms with Gasteiger partial charge in [0, 0.05) is 36.8 Å². The summed E-state index contributed by atoms with van der Waals surface area (Å²) < 4.78 is 0. The van der Waals surface area contributed by atoms with Crippen molar-refractivity contribution < 1.29 is 19.2 Å². The second-order valence-electron chi connectivity index (χ2n) is 8.90. The summed E-state index contributed by atoms with van der Waals surface area (Å²) >= 11 is 0. The normalized spacial score (nSPS) is 17.6. The molecule has 7 nitrogen and oxygen atoms in total. The minimum absolute atomic E-state index is 0.188. The number of amides is 1. The molecule has 2 atom stereocenters. The fraction of sp³-hybridized carbons (Fsp3) is 0.538. The molecule has 0 radical (unpaired) electrons. The van der Waals surface area contributed by atoms with Crippen molar-refractivity contribution in [2.45, 2.75) is 69.9 Å². The number of aldehydes is 3. The highest BCUT2D eigenvalue weighted by atomic mass is 16.2. The number of likely N-dealkylation sites (N-methyl/N-ethyl adjacent to an activating group) is 1. The van der Waals surface area contributed by atoms with Gasteiger partial charge in [-0.15, -0.1) is 0 Å². The van der Waals surface area contributed by atoms with Gasteiger partial charge in [-0.25, -0.2) is 0 Å². The van der Waals surface area contributed by atoms with Crippen molar-refractivity contribution in [3.8, 4) is 0 Å². The summed E-state index contributed by atoms with van der Waals surface area (Å²) in [4.78, 5) is 48.1. The fourth-order valence-corrected chi connectivity index (χ4v) is 3.95. The van der Waals surface area contributed by atoms with Gasteiger partial charge in [0.1, 0.15) is 12.6 Å². The average Bonchev–Trinajstić information content (AvgIpc) is 2.81. The summed E-state index contributed by atoms with van der Waals surface area (Å²) in [5, 5.41) is 6.87. The van der Waals surface area contributed by atoms with E-state index < -0.39 is 11.9 Å². The zero-order chi connectivity index (χ0) is 24.1. The van der Waals surface area contributed by atoms with E-state index in [0.717, 1.165) is 44.9 Å². The van der Waals surface area contributed by atoms with Crippen LogP contribution in [-0.4, -0.2) is 61.4 Å². The third-order valence-electron chi connectivity index (χ3n) is 6.22. The summed E-state index contributed by atoms with van der Waals surface area (Å²) in [6.07, 6.45) is 13.5. The lowest BCUT2D eigenvalue weighted by Gasteiger charge is -2.32. The molecule has 180 valence electrons. The SMILES string of the molecule is CN(C(=O)c1c(C=O)cccc1NCCCCCCCNC1(C)C=CC1)C(C=O)CCC=O. The van der Waals surface area contributed by atoms with Crippen LogP contribution in [0.3, 0.4) is 0 Å². The van der Waals surface area contributed by atoms with Gasteiger partial charge in [-0.1, -0.05) is 43.5 Å². The molecular formula is C26H37N3O4. The van der Waals surface area contributed by atoms with Gasteiger partial charge in [0.2, 0.25) is 0 Å². The van der Waals surface area contributed by atoms with E-state index in [-0.39, 0.29) is 29.5 Å². The summed E-state index contributed by atoms with van der Waals surface area (Å²) in [6, 6.07) is 4.38. The summed E-state index contributed by atoms with van der Waals surface area (Å²) in [5.41, 5.74) is 1.32. The van der Waals surface area contributed by atoms with Crippen LogP contribution < -0.4 is 10.6 Å². The second-order valence-corrected chi connectivity index (χ2v) is 8.90. The molecule has 0 saturated heterocycles. The monoisotopic (exact) mass is 455 g/mol. The predicted octanol–water partition coefficient (Wildman–Crippen LogP) is 3.79. The predicted molar refractivity (Wildman–Crippen MR) is 131 cm³/mol. The first-order valence-corrected chi connectivity index (χ1v) is 11.9. The Balaban J connectivity index is 1.82. The van der Waals surface area contributed by atoms with Gasteiger partial charge < -0.3 is 25.1 Å². The molecule has 0 aliphatic heterocycles. The lowest BCUT2D eigenvalue weighted by Crippen LogP contribution is -2.44. The molecule has 2 N–H and O–H groups in total. The summed E-state index contributed by atoms with van der Waals surface area (Å²) in [5.74, 6) is -0.411. The van der Waals surface area contributed by atoms with Crippen LogP contribution >= 0.6 is 0 Å². The molecule has 0 saturated carbocycles. The Labute approximate surface area is 197 Å². The van der Waals surface area contributed by atoms with Crippen molar-refractivity contribution >= 4 is 30.5 Å².